The van der Waals surface area contributed by atoms with Gasteiger partial charge < -0.3 is 14.4 Å². The number of rotatable bonds is 7. The predicted molar refractivity (Wildman–Crippen MR) is 89.8 cm³/mol. The smallest absolute Gasteiger partial charge is 0.244 e. The van der Waals surface area contributed by atoms with E-state index in [-0.39, 0.29) is 29.5 Å². The SMILES string of the molecule is COc1ccc(OC)c(S(=O)(=O)NCCC(=O)N2CCCCC2)c1. The zero-order valence-electron chi connectivity index (χ0n) is 14.1. The van der Waals surface area contributed by atoms with Gasteiger partial charge in [-0.2, -0.15) is 0 Å². The van der Waals surface area contributed by atoms with E-state index in [0.717, 1.165) is 32.4 Å². The average molecular weight is 356 g/mol. The van der Waals surface area contributed by atoms with Crippen molar-refractivity contribution in [2.45, 2.75) is 30.6 Å². The molecule has 0 bridgehead atoms. The summed E-state index contributed by atoms with van der Waals surface area (Å²) in [5.74, 6) is 0.626. The van der Waals surface area contributed by atoms with Gasteiger partial charge in [0.1, 0.15) is 16.4 Å². The summed E-state index contributed by atoms with van der Waals surface area (Å²) in [6.07, 6.45) is 3.31. The predicted octanol–water partition coefficient (Wildman–Crippen LogP) is 1.38. The number of benzene rings is 1. The number of likely N-dealkylation sites (tertiary alicyclic amines) is 1. The monoisotopic (exact) mass is 356 g/mol. The maximum atomic E-state index is 12.5. The van der Waals surface area contributed by atoms with Crippen molar-refractivity contribution in [1.29, 1.82) is 0 Å². The number of nitrogens with one attached hydrogen (secondary N) is 1. The van der Waals surface area contributed by atoms with E-state index in [0.29, 0.717) is 5.75 Å². The highest BCUT2D eigenvalue weighted by Gasteiger charge is 2.22. The van der Waals surface area contributed by atoms with E-state index in [4.69, 9.17) is 9.47 Å². The molecule has 1 heterocycles. The molecule has 0 unspecified atom stereocenters. The van der Waals surface area contributed by atoms with Gasteiger partial charge in [0.15, 0.2) is 0 Å². The molecule has 1 aromatic carbocycles. The van der Waals surface area contributed by atoms with Crippen molar-refractivity contribution in [3.63, 3.8) is 0 Å². The third kappa shape index (κ3) is 4.61. The fourth-order valence-electron chi connectivity index (χ4n) is 2.67. The van der Waals surface area contributed by atoms with Gasteiger partial charge in [0.05, 0.1) is 14.2 Å². The molecule has 0 aromatic heterocycles. The Hall–Kier alpha value is -1.80. The molecule has 1 fully saturated rings. The van der Waals surface area contributed by atoms with Crippen LogP contribution in [-0.2, 0) is 14.8 Å². The second kappa shape index (κ2) is 8.34. The van der Waals surface area contributed by atoms with Crippen LogP contribution in [0.3, 0.4) is 0 Å². The number of amides is 1. The first kappa shape index (κ1) is 18.5. The Bertz CT molecular complexity index is 669. The van der Waals surface area contributed by atoms with Gasteiger partial charge in [0.25, 0.3) is 0 Å². The lowest BCUT2D eigenvalue weighted by atomic mass is 10.1. The molecular weight excluding hydrogens is 332 g/mol. The van der Waals surface area contributed by atoms with Gasteiger partial charge in [-0.25, -0.2) is 13.1 Å². The molecule has 1 aromatic rings. The second-order valence-electron chi connectivity index (χ2n) is 5.61. The van der Waals surface area contributed by atoms with Gasteiger partial charge >= 0.3 is 0 Å². The first-order valence-corrected chi connectivity index (χ1v) is 9.45. The zero-order valence-corrected chi connectivity index (χ0v) is 14.9. The first-order chi connectivity index (χ1) is 11.5. The normalized spacial score (nSPS) is 15.2. The summed E-state index contributed by atoms with van der Waals surface area (Å²) in [5.41, 5.74) is 0. The van der Waals surface area contributed by atoms with Crippen LogP contribution in [0.15, 0.2) is 23.1 Å². The van der Waals surface area contributed by atoms with Crippen LogP contribution in [0.25, 0.3) is 0 Å². The number of nitrogens with zero attached hydrogens (tertiary/aromatic N) is 1. The molecule has 0 aliphatic carbocycles. The molecule has 0 atom stereocenters. The van der Waals surface area contributed by atoms with E-state index in [1.807, 2.05) is 0 Å². The molecule has 1 saturated heterocycles. The number of sulfonamides is 1. The fourth-order valence-corrected chi connectivity index (χ4v) is 3.88. The van der Waals surface area contributed by atoms with Gasteiger partial charge in [0, 0.05) is 32.1 Å². The zero-order chi connectivity index (χ0) is 17.6. The van der Waals surface area contributed by atoms with Crippen molar-refractivity contribution in [2.24, 2.45) is 0 Å². The van der Waals surface area contributed by atoms with Gasteiger partial charge in [0.2, 0.25) is 15.9 Å². The number of carbonyl (C=O) groups is 1. The molecule has 1 N–H and O–H groups in total. The Balaban J connectivity index is 1.99. The highest BCUT2D eigenvalue weighted by Crippen LogP contribution is 2.27. The van der Waals surface area contributed by atoms with Crippen LogP contribution >= 0.6 is 0 Å². The fraction of sp³-hybridized carbons (Fsp3) is 0.562. The summed E-state index contributed by atoms with van der Waals surface area (Å²) in [6.45, 7) is 1.57. The van der Waals surface area contributed by atoms with Crippen LogP contribution in [0.1, 0.15) is 25.7 Å². The molecule has 8 heteroatoms. The Morgan fingerprint density at radius 1 is 1.17 bits per heavy atom. The molecule has 134 valence electrons. The van der Waals surface area contributed by atoms with Crippen LogP contribution in [0.5, 0.6) is 11.5 Å². The van der Waals surface area contributed by atoms with Crippen LogP contribution in [0.2, 0.25) is 0 Å². The van der Waals surface area contributed by atoms with Gasteiger partial charge in [-0.1, -0.05) is 0 Å². The first-order valence-electron chi connectivity index (χ1n) is 7.97. The quantitative estimate of drug-likeness (QED) is 0.798. The number of hydrogen-bond acceptors (Lipinski definition) is 5. The van der Waals surface area contributed by atoms with E-state index in [1.54, 1.807) is 11.0 Å². The summed E-state index contributed by atoms with van der Waals surface area (Å²) in [7, 11) is -0.923. The Labute approximate surface area is 143 Å². The minimum absolute atomic E-state index is 0.00484. The summed E-state index contributed by atoms with van der Waals surface area (Å²) >= 11 is 0. The van der Waals surface area contributed by atoms with E-state index < -0.39 is 10.0 Å². The molecule has 1 amide bonds. The number of ether oxygens (including phenoxy) is 2. The van der Waals surface area contributed by atoms with E-state index in [2.05, 4.69) is 4.72 Å². The summed E-state index contributed by atoms with van der Waals surface area (Å²) < 4.78 is 37.6. The van der Waals surface area contributed by atoms with Crippen LogP contribution in [-0.4, -0.2) is 53.1 Å². The minimum atomic E-state index is -3.79. The van der Waals surface area contributed by atoms with Gasteiger partial charge in [-0.05, 0) is 31.4 Å². The highest BCUT2D eigenvalue weighted by molar-refractivity contribution is 7.89. The van der Waals surface area contributed by atoms with Crippen molar-refractivity contribution >= 4 is 15.9 Å². The van der Waals surface area contributed by atoms with Crippen LogP contribution in [0, 0.1) is 0 Å². The van der Waals surface area contributed by atoms with Gasteiger partial charge in [-0.15, -0.1) is 0 Å². The molecule has 24 heavy (non-hydrogen) atoms. The Kier molecular flexibility index (Phi) is 6.44. The molecule has 1 aliphatic heterocycles. The number of hydrogen-bond donors (Lipinski definition) is 1. The lowest BCUT2D eigenvalue weighted by molar-refractivity contribution is -0.131. The number of carbonyl (C=O) groups excluding carboxylic acids is 1. The summed E-state index contributed by atoms with van der Waals surface area (Å²) in [5, 5.41) is 0. The third-order valence-electron chi connectivity index (χ3n) is 4.00. The standard InChI is InChI=1S/C16H24N2O5S/c1-22-13-6-7-14(23-2)15(12-13)24(20,21)17-9-8-16(19)18-10-4-3-5-11-18/h6-7,12,17H,3-5,8-11H2,1-2H3. The Morgan fingerprint density at radius 3 is 2.50 bits per heavy atom. The molecule has 0 radical (unpaired) electrons. The van der Waals surface area contributed by atoms with Crippen molar-refractivity contribution < 1.29 is 22.7 Å². The highest BCUT2D eigenvalue weighted by atomic mass is 32.2. The molecule has 7 nitrogen and oxygen atoms in total. The lowest BCUT2D eigenvalue weighted by Gasteiger charge is -2.26. The number of piperidine rings is 1. The van der Waals surface area contributed by atoms with Crippen molar-refractivity contribution in [3.05, 3.63) is 18.2 Å². The van der Waals surface area contributed by atoms with Crippen LogP contribution < -0.4 is 14.2 Å². The van der Waals surface area contributed by atoms with Gasteiger partial charge in [-0.3, -0.25) is 4.79 Å². The third-order valence-corrected chi connectivity index (χ3v) is 5.48. The van der Waals surface area contributed by atoms with Crippen molar-refractivity contribution in [3.8, 4) is 11.5 Å². The van der Waals surface area contributed by atoms with Crippen molar-refractivity contribution in [2.75, 3.05) is 33.9 Å². The minimum Gasteiger partial charge on any atom is -0.497 e. The van der Waals surface area contributed by atoms with E-state index in [1.165, 1.54) is 26.4 Å². The maximum absolute atomic E-state index is 12.5. The summed E-state index contributed by atoms with van der Waals surface area (Å²) in [4.78, 5) is 13.9. The van der Waals surface area contributed by atoms with E-state index in [9.17, 15) is 13.2 Å². The number of methoxy groups -OCH3 is 2. The molecule has 1 aliphatic rings. The topological polar surface area (TPSA) is 84.9 Å². The molecule has 2 rings (SSSR count). The molecule has 0 saturated carbocycles. The molecule has 0 spiro atoms. The summed E-state index contributed by atoms with van der Waals surface area (Å²) in [6, 6.07) is 4.55. The average Bonchev–Trinajstić information content (AvgIpc) is 2.61. The molecular formula is C16H24N2O5S. The van der Waals surface area contributed by atoms with Crippen LogP contribution in [0.4, 0.5) is 0 Å². The van der Waals surface area contributed by atoms with E-state index >= 15 is 0 Å². The van der Waals surface area contributed by atoms with Crippen molar-refractivity contribution in [1.82, 2.24) is 9.62 Å². The lowest BCUT2D eigenvalue weighted by Crippen LogP contribution is -2.37. The second-order valence-corrected chi connectivity index (χ2v) is 7.34. The maximum Gasteiger partial charge on any atom is 0.244 e. The largest absolute Gasteiger partial charge is 0.497 e. The Morgan fingerprint density at radius 2 is 1.88 bits per heavy atom.